The third-order valence-electron chi connectivity index (χ3n) is 3.86. The summed E-state index contributed by atoms with van der Waals surface area (Å²) in [6.45, 7) is 5.23. The van der Waals surface area contributed by atoms with Gasteiger partial charge >= 0.3 is 12.1 Å². The largest absolute Gasteiger partial charge is 0.480 e. The van der Waals surface area contributed by atoms with E-state index in [9.17, 15) is 19.8 Å². The van der Waals surface area contributed by atoms with E-state index in [4.69, 9.17) is 4.74 Å². The Kier molecular flexibility index (Phi) is 3.24. The van der Waals surface area contributed by atoms with Crippen molar-refractivity contribution in [2.45, 2.75) is 57.3 Å². The maximum absolute atomic E-state index is 12.1. The van der Waals surface area contributed by atoms with Crippen molar-refractivity contribution in [1.29, 1.82) is 0 Å². The zero-order chi connectivity index (χ0) is 14.4. The molecule has 0 aromatic carbocycles. The third-order valence-corrected chi connectivity index (χ3v) is 3.86. The predicted molar refractivity (Wildman–Crippen MR) is 66.7 cm³/mol. The van der Waals surface area contributed by atoms with Crippen molar-refractivity contribution in [3.63, 3.8) is 0 Å². The predicted octanol–water partition coefficient (Wildman–Crippen LogP) is 1.22. The van der Waals surface area contributed by atoms with E-state index < -0.39 is 35.2 Å². The number of aliphatic hydroxyl groups is 1. The van der Waals surface area contributed by atoms with Gasteiger partial charge in [0.15, 0.2) is 0 Å². The number of amides is 1. The van der Waals surface area contributed by atoms with E-state index in [0.717, 1.165) is 11.3 Å². The fourth-order valence-corrected chi connectivity index (χ4v) is 3.14. The smallest absolute Gasteiger partial charge is 0.411 e. The molecule has 6 nitrogen and oxygen atoms in total. The Hall–Kier alpha value is -1.30. The first kappa shape index (κ1) is 14.1. The molecule has 0 aromatic heterocycles. The molecule has 0 bridgehead atoms. The van der Waals surface area contributed by atoms with E-state index in [1.165, 1.54) is 0 Å². The molecule has 1 saturated carbocycles. The van der Waals surface area contributed by atoms with Gasteiger partial charge in [-0.1, -0.05) is 6.42 Å². The minimum Gasteiger partial charge on any atom is -0.480 e. The van der Waals surface area contributed by atoms with Crippen molar-refractivity contribution in [3.05, 3.63) is 0 Å². The van der Waals surface area contributed by atoms with Crippen molar-refractivity contribution in [3.8, 4) is 0 Å². The molecule has 0 spiro atoms. The summed E-state index contributed by atoms with van der Waals surface area (Å²) in [5.41, 5.74) is -1.75. The first-order valence-electron chi connectivity index (χ1n) is 6.59. The van der Waals surface area contributed by atoms with Crippen LogP contribution in [0.4, 0.5) is 4.79 Å². The second-order valence-electron chi connectivity index (χ2n) is 6.49. The first-order valence-corrected chi connectivity index (χ1v) is 6.59. The summed E-state index contributed by atoms with van der Waals surface area (Å²) in [7, 11) is 0. The molecule has 2 aliphatic rings. The summed E-state index contributed by atoms with van der Waals surface area (Å²) in [6.07, 6.45) is 1.31. The van der Waals surface area contributed by atoms with E-state index in [1.807, 2.05) is 0 Å². The molecule has 1 amide bonds. The number of carboxylic acid groups (broad SMARTS) is 1. The lowest BCUT2D eigenvalue weighted by molar-refractivity contribution is -0.143. The Bertz CT molecular complexity index is 402. The number of β-amino-alcohol motifs (C(OH)–C–C–N with tert-alkyl or cyclic N) is 1. The molecular weight excluding hydrogens is 250 g/mol. The Morgan fingerprint density at radius 1 is 1.37 bits per heavy atom. The van der Waals surface area contributed by atoms with Crippen LogP contribution in [0.15, 0.2) is 0 Å². The SMILES string of the molecule is CC(C)(C)OC(=O)N1CC2(O)CCCC2C1C(=O)O. The summed E-state index contributed by atoms with van der Waals surface area (Å²) in [6, 6.07) is -0.984. The number of likely N-dealkylation sites (tertiary alicyclic amines) is 1. The maximum atomic E-state index is 12.1. The molecule has 0 radical (unpaired) electrons. The normalized spacial score (nSPS) is 34.2. The number of nitrogens with zero attached hydrogens (tertiary/aromatic N) is 1. The number of aliphatic carboxylic acids is 1. The molecule has 3 atom stereocenters. The third kappa shape index (κ3) is 2.54. The van der Waals surface area contributed by atoms with E-state index in [2.05, 4.69) is 0 Å². The van der Waals surface area contributed by atoms with E-state index in [-0.39, 0.29) is 6.54 Å². The molecular formula is C13H21NO5. The van der Waals surface area contributed by atoms with Crippen LogP contribution >= 0.6 is 0 Å². The van der Waals surface area contributed by atoms with Crippen LogP contribution in [-0.2, 0) is 9.53 Å². The molecule has 2 fully saturated rings. The van der Waals surface area contributed by atoms with Crippen molar-refractivity contribution in [2.75, 3.05) is 6.54 Å². The molecule has 3 unspecified atom stereocenters. The van der Waals surface area contributed by atoms with Gasteiger partial charge in [0.05, 0.1) is 12.1 Å². The van der Waals surface area contributed by atoms with Crippen LogP contribution in [0.25, 0.3) is 0 Å². The number of rotatable bonds is 1. The second kappa shape index (κ2) is 4.37. The molecule has 1 aliphatic carbocycles. The highest BCUT2D eigenvalue weighted by Gasteiger charge is 2.58. The minimum atomic E-state index is -1.08. The van der Waals surface area contributed by atoms with Gasteiger partial charge in [-0.05, 0) is 33.6 Å². The topological polar surface area (TPSA) is 87.1 Å². The van der Waals surface area contributed by atoms with E-state index in [0.29, 0.717) is 12.8 Å². The second-order valence-corrected chi connectivity index (χ2v) is 6.49. The summed E-state index contributed by atoms with van der Waals surface area (Å²) < 4.78 is 5.22. The van der Waals surface area contributed by atoms with Crippen molar-refractivity contribution < 1.29 is 24.5 Å². The Balaban J connectivity index is 2.21. The Morgan fingerprint density at radius 2 is 2.00 bits per heavy atom. The molecule has 19 heavy (non-hydrogen) atoms. The van der Waals surface area contributed by atoms with Gasteiger partial charge in [-0.3, -0.25) is 4.90 Å². The summed E-state index contributed by atoms with van der Waals surface area (Å²) in [5.74, 6) is -1.47. The maximum Gasteiger partial charge on any atom is 0.411 e. The van der Waals surface area contributed by atoms with Crippen molar-refractivity contribution >= 4 is 12.1 Å². The number of hydrogen-bond donors (Lipinski definition) is 2. The zero-order valence-corrected chi connectivity index (χ0v) is 11.5. The van der Waals surface area contributed by atoms with Crippen LogP contribution in [0, 0.1) is 5.92 Å². The average Bonchev–Trinajstić information content (AvgIpc) is 2.67. The van der Waals surface area contributed by atoms with Crippen LogP contribution in [0.5, 0.6) is 0 Å². The number of hydrogen-bond acceptors (Lipinski definition) is 4. The zero-order valence-electron chi connectivity index (χ0n) is 11.5. The van der Waals surface area contributed by atoms with Gasteiger partial charge < -0.3 is 14.9 Å². The number of carboxylic acids is 1. The van der Waals surface area contributed by atoms with Gasteiger partial charge in [0, 0.05) is 5.92 Å². The van der Waals surface area contributed by atoms with Crippen molar-refractivity contribution in [2.24, 2.45) is 5.92 Å². The number of carbonyl (C=O) groups is 2. The summed E-state index contributed by atoms with van der Waals surface area (Å²) in [4.78, 5) is 24.6. The molecule has 1 aliphatic heterocycles. The summed E-state index contributed by atoms with van der Waals surface area (Å²) in [5, 5.41) is 19.8. The number of fused-ring (bicyclic) bond motifs is 1. The molecule has 1 saturated heterocycles. The average molecular weight is 271 g/mol. The monoisotopic (exact) mass is 271 g/mol. The highest BCUT2D eigenvalue weighted by molar-refractivity contribution is 5.82. The van der Waals surface area contributed by atoms with E-state index in [1.54, 1.807) is 20.8 Å². The quantitative estimate of drug-likeness (QED) is 0.748. The molecule has 2 rings (SSSR count). The summed E-state index contributed by atoms with van der Waals surface area (Å²) >= 11 is 0. The molecule has 1 heterocycles. The van der Waals surface area contributed by atoms with E-state index >= 15 is 0 Å². The Labute approximate surface area is 112 Å². The standard InChI is InChI=1S/C13H21NO5/c1-12(2,3)19-11(17)14-7-13(18)6-4-5-8(13)9(14)10(15)16/h8-9,18H,4-7H2,1-3H3,(H,15,16). The van der Waals surface area contributed by atoms with Gasteiger partial charge in [0.25, 0.3) is 0 Å². The first-order chi connectivity index (χ1) is 8.64. The molecule has 2 N–H and O–H groups in total. The van der Waals surface area contributed by atoms with Crippen LogP contribution in [0.3, 0.4) is 0 Å². The van der Waals surface area contributed by atoms with Gasteiger partial charge in [-0.25, -0.2) is 9.59 Å². The molecule has 0 aromatic rings. The molecule has 108 valence electrons. The van der Waals surface area contributed by atoms with Crippen LogP contribution in [-0.4, -0.2) is 51.0 Å². The lowest BCUT2D eigenvalue weighted by atomic mass is 9.90. The minimum absolute atomic E-state index is 0.0452. The fourth-order valence-electron chi connectivity index (χ4n) is 3.14. The highest BCUT2D eigenvalue weighted by Crippen LogP contribution is 2.45. The van der Waals surface area contributed by atoms with Gasteiger partial charge in [0.2, 0.25) is 0 Å². The van der Waals surface area contributed by atoms with Gasteiger partial charge in [0.1, 0.15) is 11.6 Å². The van der Waals surface area contributed by atoms with Crippen LogP contribution in [0.2, 0.25) is 0 Å². The van der Waals surface area contributed by atoms with Gasteiger partial charge in [-0.2, -0.15) is 0 Å². The molecule has 6 heteroatoms. The number of ether oxygens (including phenoxy) is 1. The number of carbonyl (C=O) groups excluding carboxylic acids is 1. The van der Waals surface area contributed by atoms with Crippen molar-refractivity contribution in [1.82, 2.24) is 4.90 Å². The van der Waals surface area contributed by atoms with Crippen LogP contribution < -0.4 is 0 Å². The lowest BCUT2D eigenvalue weighted by Gasteiger charge is -2.28. The van der Waals surface area contributed by atoms with Gasteiger partial charge in [-0.15, -0.1) is 0 Å². The highest BCUT2D eigenvalue weighted by atomic mass is 16.6. The fraction of sp³-hybridized carbons (Fsp3) is 0.846. The lowest BCUT2D eigenvalue weighted by Crippen LogP contribution is -2.45. The Morgan fingerprint density at radius 3 is 2.53 bits per heavy atom. The van der Waals surface area contributed by atoms with Crippen LogP contribution in [0.1, 0.15) is 40.0 Å².